The lowest BCUT2D eigenvalue weighted by Gasteiger charge is -2.14. The van der Waals surface area contributed by atoms with Gasteiger partial charge in [0.05, 0.1) is 11.7 Å². The van der Waals surface area contributed by atoms with Crippen LogP contribution in [-0.4, -0.2) is 32.7 Å². The number of aromatic nitrogens is 3. The number of hydrogen-bond acceptors (Lipinski definition) is 4. The summed E-state index contributed by atoms with van der Waals surface area (Å²) >= 11 is 1.55. The summed E-state index contributed by atoms with van der Waals surface area (Å²) in [4.78, 5) is 32.8. The Morgan fingerprint density at radius 3 is 3.04 bits per heavy atom. The predicted octanol–water partition coefficient (Wildman–Crippen LogP) is 3.24. The van der Waals surface area contributed by atoms with Gasteiger partial charge < -0.3 is 10.3 Å². The molecule has 0 bridgehead atoms. The molecule has 2 N–H and O–H groups in total. The monoisotopic (exact) mass is 396 g/mol. The highest BCUT2D eigenvalue weighted by atomic mass is 32.2. The number of nitrogens with zero attached hydrogens (tertiary/aromatic N) is 2. The van der Waals surface area contributed by atoms with Crippen LogP contribution in [-0.2, 0) is 11.2 Å². The molecular formula is C21H24N4O2S. The first-order chi connectivity index (χ1) is 13.5. The minimum atomic E-state index is -0.130. The van der Waals surface area contributed by atoms with Crippen molar-refractivity contribution in [2.24, 2.45) is 0 Å². The predicted molar refractivity (Wildman–Crippen MR) is 112 cm³/mol. The number of aromatic amines is 1. The number of hydrogen-bond donors (Lipinski definition) is 2. The normalized spacial score (nSPS) is 15.9. The van der Waals surface area contributed by atoms with Gasteiger partial charge in [0.1, 0.15) is 0 Å². The van der Waals surface area contributed by atoms with E-state index in [1.165, 1.54) is 10.9 Å². The Labute approximate surface area is 167 Å². The number of rotatable bonds is 6. The highest BCUT2D eigenvalue weighted by molar-refractivity contribution is 7.99. The smallest absolute Gasteiger partial charge is 0.254 e. The Kier molecular flexibility index (Phi) is 5.26. The molecule has 1 aliphatic heterocycles. The van der Waals surface area contributed by atoms with Crippen LogP contribution < -0.4 is 10.9 Å². The van der Waals surface area contributed by atoms with Crippen molar-refractivity contribution in [3.63, 3.8) is 0 Å². The van der Waals surface area contributed by atoms with Crippen LogP contribution >= 0.6 is 11.8 Å². The molecule has 1 aromatic carbocycles. The van der Waals surface area contributed by atoms with E-state index >= 15 is 0 Å². The lowest BCUT2D eigenvalue weighted by Crippen LogP contribution is -2.31. The van der Waals surface area contributed by atoms with Crippen molar-refractivity contribution in [1.82, 2.24) is 19.9 Å². The standard InChI is InChI=1S/C21H24N4O2S/c1-13(2)18-10-20(27)25-15(12-28-21(25)24-18)9-19(26)22-8-7-14-11-23-17-6-4-3-5-16(14)17/h3-6,10-11,13,15,23H,7-9,12H2,1-2H3,(H,22,26)/t15-/m0/s1. The van der Waals surface area contributed by atoms with Crippen molar-refractivity contribution in [3.8, 4) is 0 Å². The number of H-pyrrole nitrogens is 1. The minimum absolute atomic E-state index is 0.0295. The molecule has 6 nitrogen and oxygen atoms in total. The minimum Gasteiger partial charge on any atom is -0.361 e. The number of para-hydroxylation sites is 1. The van der Waals surface area contributed by atoms with Gasteiger partial charge in [-0.1, -0.05) is 43.8 Å². The molecule has 3 heterocycles. The van der Waals surface area contributed by atoms with Crippen LogP contribution in [0.1, 0.15) is 43.5 Å². The fourth-order valence-electron chi connectivity index (χ4n) is 3.58. The summed E-state index contributed by atoms with van der Waals surface area (Å²) in [5, 5.41) is 4.92. The first-order valence-electron chi connectivity index (χ1n) is 9.61. The van der Waals surface area contributed by atoms with Gasteiger partial charge in [-0.2, -0.15) is 0 Å². The molecule has 0 fully saturated rings. The number of nitrogens with one attached hydrogen (secondary N) is 2. The zero-order valence-electron chi connectivity index (χ0n) is 16.1. The van der Waals surface area contributed by atoms with Gasteiger partial charge in [0.2, 0.25) is 5.91 Å². The van der Waals surface area contributed by atoms with E-state index in [1.54, 1.807) is 22.4 Å². The molecular weight excluding hydrogens is 372 g/mol. The molecule has 1 atom stereocenters. The van der Waals surface area contributed by atoms with Gasteiger partial charge >= 0.3 is 0 Å². The van der Waals surface area contributed by atoms with Gasteiger partial charge in [0.15, 0.2) is 5.16 Å². The van der Waals surface area contributed by atoms with E-state index in [0.29, 0.717) is 18.7 Å². The van der Waals surface area contributed by atoms with Crippen LogP contribution in [0.25, 0.3) is 10.9 Å². The van der Waals surface area contributed by atoms with E-state index in [4.69, 9.17) is 0 Å². The van der Waals surface area contributed by atoms with Crippen LogP contribution in [0.2, 0.25) is 0 Å². The summed E-state index contributed by atoms with van der Waals surface area (Å²) in [6.07, 6.45) is 3.07. The van der Waals surface area contributed by atoms with Crippen LogP contribution in [0.5, 0.6) is 0 Å². The van der Waals surface area contributed by atoms with Crippen molar-refractivity contribution in [2.75, 3.05) is 12.3 Å². The van der Waals surface area contributed by atoms with Gasteiger partial charge in [-0.15, -0.1) is 0 Å². The summed E-state index contributed by atoms with van der Waals surface area (Å²) in [6.45, 7) is 4.63. The molecule has 1 amide bonds. The molecule has 7 heteroatoms. The SMILES string of the molecule is CC(C)c1cc(=O)n2c(n1)SC[C@@H]2CC(=O)NCCc1c[nH]c2ccccc12. The van der Waals surface area contributed by atoms with Gasteiger partial charge in [0.25, 0.3) is 5.56 Å². The van der Waals surface area contributed by atoms with Gasteiger partial charge in [-0.3, -0.25) is 14.2 Å². The Morgan fingerprint density at radius 2 is 2.21 bits per heavy atom. The number of fused-ring (bicyclic) bond motifs is 2. The van der Waals surface area contributed by atoms with Crippen molar-refractivity contribution in [1.29, 1.82) is 0 Å². The third kappa shape index (κ3) is 3.71. The average Bonchev–Trinajstić information content (AvgIpc) is 3.26. The topological polar surface area (TPSA) is 79.8 Å². The Hall–Kier alpha value is -2.54. The third-order valence-electron chi connectivity index (χ3n) is 5.11. The molecule has 0 aliphatic carbocycles. The lowest BCUT2D eigenvalue weighted by atomic mass is 10.1. The van der Waals surface area contributed by atoms with Gasteiger partial charge in [-0.25, -0.2) is 4.98 Å². The van der Waals surface area contributed by atoms with E-state index in [1.807, 2.05) is 38.2 Å². The van der Waals surface area contributed by atoms with Crippen LogP contribution in [0.15, 0.2) is 46.5 Å². The van der Waals surface area contributed by atoms with E-state index in [-0.39, 0.29) is 23.4 Å². The number of benzene rings is 1. The Bertz CT molecular complexity index is 1070. The molecule has 0 saturated heterocycles. The second kappa shape index (κ2) is 7.83. The van der Waals surface area contributed by atoms with Crippen molar-refractivity contribution < 1.29 is 4.79 Å². The van der Waals surface area contributed by atoms with Crippen molar-refractivity contribution in [2.45, 2.75) is 43.8 Å². The molecule has 3 aromatic rings. The van der Waals surface area contributed by atoms with E-state index in [2.05, 4.69) is 21.4 Å². The highest BCUT2D eigenvalue weighted by Gasteiger charge is 2.27. The maximum atomic E-state index is 12.5. The fourth-order valence-corrected chi connectivity index (χ4v) is 4.73. The van der Waals surface area contributed by atoms with Crippen LogP contribution in [0, 0.1) is 0 Å². The van der Waals surface area contributed by atoms with Gasteiger partial charge in [0, 0.05) is 41.9 Å². The number of carbonyl (C=O) groups is 1. The maximum absolute atomic E-state index is 12.5. The quantitative estimate of drug-likeness (QED) is 0.627. The number of thioether (sulfide) groups is 1. The van der Waals surface area contributed by atoms with Crippen molar-refractivity contribution >= 4 is 28.6 Å². The summed E-state index contributed by atoms with van der Waals surface area (Å²) < 4.78 is 1.68. The highest BCUT2D eigenvalue weighted by Crippen LogP contribution is 2.32. The first kappa shape index (κ1) is 18.8. The average molecular weight is 397 g/mol. The van der Waals surface area contributed by atoms with E-state index < -0.39 is 0 Å². The zero-order chi connectivity index (χ0) is 19.7. The Balaban J connectivity index is 1.36. The summed E-state index contributed by atoms with van der Waals surface area (Å²) in [5.74, 6) is 0.892. The van der Waals surface area contributed by atoms with Crippen LogP contribution in [0.4, 0.5) is 0 Å². The van der Waals surface area contributed by atoms with Gasteiger partial charge in [-0.05, 0) is 24.0 Å². The summed E-state index contributed by atoms with van der Waals surface area (Å²) in [5.41, 5.74) is 3.05. The second-order valence-corrected chi connectivity index (χ2v) is 8.44. The molecule has 0 unspecified atom stereocenters. The molecule has 2 aromatic heterocycles. The molecule has 0 radical (unpaired) electrons. The fraction of sp³-hybridized carbons (Fsp3) is 0.381. The molecule has 0 spiro atoms. The van der Waals surface area contributed by atoms with Crippen molar-refractivity contribution in [3.05, 3.63) is 58.1 Å². The molecule has 4 rings (SSSR count). The summed E-state index contributed by atoms with van der Waals surface area (Å²) in [7, 11) is 0. The number of amides is 1. The van der Waals surface area contributed by atoms with E-state index in [9.17, 15) is 9.59 Å². The summed E-state index contributed by atoms with van der Waals surface area (Å²) in [6, 6.07) is 9.62. The zero-order valence-corrected chi connectivity index (χ0v) is 16.9. The number of carbonyl (C=O) groups excluding carboxylic acids is 1. The molecule has 146 valence electrons. The third-order valence-corrected chi connectivity index (χ3v) is 6.21. The second-order valence-electron chi connectivity index (χ2n) is 7.45. The Morgan fingerprint density at radius 1 is 1.39 bits per heavy atom. The maximum Gasteiger partial charge on any atom is 0.254 e. The largest absolute Gasteiger partial charge is 0.361 e. The molecule has 1 aliphatic rings. The first-order valence-corrected chi connectivity index (χ1v) is 10.6. The van der Waals surface area contributed by atoms with Crippen LogP contribution in [0.3, 0.4) is 0 Å². The van der Waals surface area contributed by atoms with E-state index in [0.717, 1.165) is 22.8 Å². The molecule has 28 heavy (non-hydrogen) atoms. The lowest BCUT2D eigenvalue weighted by molar-refractivity contribution is -0.121. The molecule has 0 saturated carbocycles.